The van der Waals surface area contributed by atoms with E-state index in [1.54, 1.807) is 0 Å². The van der Waals surface area contributed by atoms with Crippen LogP contribution in [0.15, 0.2) is 0 Å². The van der Waals surface area contributed by atoms with Gasteiger partial charge in [-0.05, 0) is 0 Å². The second kappa shape index (κ2) is 3.63. The van der Waals surface area contributed by atoms with Gasteiger partial charge in [0.25, 0.3) is 0 Å². The molecule has 0 aromatic rings. The molecule has 0 spiro atoms. The molecule has 0 atom stereocenters. The Hall–Kier alpha value is -0.370. The molecule has 0 amide bonds. The van der Waals surface area contributed by atoms with Crippen molar-refractivity contribution in [1.29, 1.82) is 0 Å². The van der Waals surface area contributed by atoms with Gasteiger partial charge >= 0.3 is 0 Å². The highest BCUT2D eigenvalue weighted by Crippen LogP contribution is 1.52. The number of aldehydes is 1. The van der Waals surface area contributed by atoms with Crippen molar-refractivity contribution in [1.82, 2.24) is 0 Å². The third kappa shape index (κ3) is 3.63. The van der Waals surface area contributed by atoms with Crippen molar-refractivity contribution in [2.45, 2.75) is 6.42 Å². The monoisotopic (exact) mass is 74.1 g/mol. The van der Waals surface area contributed by atoms with Crippen molar-refractivity contribution in [3.8, 4) is 0 Å². The molecule has 0 fully saturated rings. The van der Waals surface area contributed by atoms with Crippen LogP contribution in [0, 0.1) is 0 Å². The lowest BCUT2D eigenvalue weighted by Gasteiger charge is -1.67. The zero-order valence-corrected chi connectivity index (χ0v) is 3.11. The molecule has 0 aliphatic rings. The lowest BCUT2D eigenvalue weighted by atomic mass is 10.5. The second-order valence-electron chi connectivity index (χ2n) is 0.809. The van der Waals surface area contributed by atoms with Crippen LogP contribution in [-0.4, -0.2) is 12.8 Å². The van der Waals surface area contributed by atoms with Gasteiger partial charge in [0.05, 0.1) is 13.0 Å². The summed E-state index contributed by atoms with van der Waals surface area (Å²) in [5.41, 5.74) is 3.44. The number of carbonyl (C=O) groups excluding carboxylic acids is 1. The molecule has 0 rings (SSSR count). The molecule has 0 heterocycles. The molecule has 0 bridgehead atoms. The number of quaternary nitrogens is 1. The van der Waals surface area contributed by atoms with Crippen LogP contribution in [0.4, 0.5) is 0 Å². The summed E-state index contributed by atoms with van der Waals surface area (Å²) in [7, 11) is 0. The quantitative estimate of drug-likeness (QED) is 0.411. The van der Waals surface area contributed by atoms with Gasteiger partial charge in [0.15, 0.2) is 0 Å². The smallest absolute Gasteiger partial charge is 0.125 e. The van der Waals surface area contributed by atoms with Gasteiger partial charge in [0.2, 0.25) is 0 Å². The SMILES string of the molecule is [NH3+]CCC=O. The molecule has 0 saturated carbocycles. The van der Waals surface area contributed by atoms with E-state index in [4.69, 9.17) is 0 Å². The zero-order valence-electron chi connectivity index (χ0n) is 3.11. The Labute approximate surface area is 31.0 Å². The lowest BCUT2D eigenvalue weighted by Crippen LogP contribution is -2.50. The maximum absolute atomic E-state index is 9.36. The average molecular weight is 74.1 g/mol. The van der Waals surface area contributed by atoms with E-state index in [0.29, 0.717) is 6.42 Å². The highest BCUT2D eigenvalue weighted by Gasteiger charge is 1.70. The minimum absolute atomic E-state index is 0.597. The summed E-state index contributed by atoms with van der Waals surface area (Å²) in [6, 6.07) is 0. The highest BCUT2D eigenvalue weighted by atomic mass is 16.1. The number of hydrogen-bond acceptors (Lipinski definition) is 1. The molecular weight excluding hydrogens is 66.0 g/mol. The van der Waals surface area contributed by atoms with E-state index in [2.05, 4.69) is 5.73 Å². The minimum atomic E-state index is 0.597. The van der Waals surface area contributed by atoms with Crippen molar-refractivity contribution in [2.24, 2.45) is 0 Å². The maximum atomic E-state index is 9.36. The number of hydrogen-bond donors (Lipinski definition) is 1. The molecule has 5 heavy (non-hydrogen) atoms. The van der Waals surface area contributed by atoms with Gasteiger partial charge in [-0.2, -0.15) is 0 Å². The van der Waals surface area contributed by atoms with Crippen LogP contribution in [-0.2, 0) is 4.79 Å². The Morgan fingerprint density at radius 1 is 1.80 bits per heavy atom. The Kier molecular flexibility index (Phi) is 3.36. The molecule has 0 aliphatic heterocycles. The normalized spacial score (nSPS) is 7.40. The van der Waals surface area contributed by atoms with Crippen LogP contribution >= 0.6 is 0 Å². The van der Waals surface area contributed by atoms with E-state index < -0.39 is 0 Å². The first-order valence-electron chi connectivity index (χ1n) is 1.64. The van der Waals surface area contributed by atoms with Crippen LogP contribution in [0.1, 0.15) is 6.42 Å². The summed E-state index contributed by atoms with van der Waals surface area (Å²) in [6.45, 7) is 0.726. The fourth-order valence-electron chi connectivity index (χ4n) is 0.0833. The van der Waals surface area contributed by atoms with Crippen molar-refractivity contribution >= 4 is 6.29 Å². The summed E-state index contributed by atoms with van der Waals surface area (Å²) < 4.78 is 0. The Balaban J connectivity index is 2.40. The molecule has 0 aliphatic carbocycles. The molecule has 2 heteroatoms. The molecular formula is C3H8NO+. The average Bonchev–Trinajstić information content (AvgIpc) is 1.41. The lowest BCUT2D eigenvalue weighted by molar-refractivity contribution is -0.365. The summed E-state index contributed by atoms with van der Waals surface area (Å²) in [5, 5.41) is 0. The van der Waals surface area contributed by atoms with Gasteiger partial charge in [-0.25, -0.2) is 0 Å². The first-order chi connectivity index (χ1) is 2.41. The van der Waals surface area contributed by atoms with E-state index in [-0.39, 0.29) is 0 Å². The van der Waals surface area contributed by atoms with Crippen LogP contribution in [0.3, 0.4) is 0 Å². The fourth-order valence-corrected chi connectivity index (χ4v) is 0.0833. The molecule has 0 radical (unpaired) electrons. The molecule has 30 valence electrons. The predicted molar refractivity (Wildman–Crippen MR) is 18.4 cm³/mol. The Bertz CT molecular complexity index is 28.1. The van der Waals surface area contributed by atoms with Crippen molar-refractivity contribution < 1.29 is 10.5 Å². The first kappa shape index (κ1) is 4.63. The summed E-state index contributed by atoms with van der Waals surface area (Å²) in [6.07, 6.45) is 1.47. The summed E-state index contributed by atoms with van der Waals surface area (Å²) in [5.74, 6) is 0. The number of rotatable bonds is 2. The Morgan fingerprint density at radius 2 is 2.40 bits per heavy atom. The van der Waals surface area contributed by atoms with Gasteiger partial charge in [-0.15, -0.1) is 0 Å². The molecule has 0 aromatic carbocycles. The minimum Gasteiger partial charge on any atom is -0.357 e. The second-order valence-corrected chi connectivity index (χ2v) is 0.809. The van der Waals surface area contributed by atoms with Crippen molar-refractivity contribution in [2.75, 3.05) is 6.54 Å². The van der Waals surface area contributed by atoms with E-state index in [9.17, 15) is 4.79 Å². The largest absolute Gasteiger partial charge is 0.357 e. The van der Waals surface area contributed by atoms with Crippen LogP contribution in [0.25, 0.3) is 0 Å². The van der Waals surface area contributed by atoms with Crippen LogP contribution in [0.5, 0.6) is 0 Å². The molecule has 3 N–H and O–H groups in total. The molecule has 0 saturated heterocycles. The van der Waals surface area contributed by atoms with Crippen molar-refractivity contribution in [3.63, 3.8) is 0 Å². The van der Waals surface area contributed by atoms with Gasteiger partial charge in [0, 0.05) is 0 Å². The van der Waals surface area contributed by atoms with E-state index in [1.807, 2.05) is 0 Å². The third-order valence-corrected chi connectivity index (χ3v) is 0.322. The van der Waals surface area contributed by atoms with Crippen molar-refractivity contribution in [3.05, 3.63) is 0 Å². The molecule has 2 nitrogen and oxygen atoms in total. The summed E-state index contributed by atoms with van der Waals surface area (Å²) >= 11 is 0. The van der Waals surface area contributed by atoms with E-state index in [1.165, 1.54) is 0 Å². The van der Waals surface area contributed by atoms with Gasteiger partial charge < -0.3 is 10.5 Å². The topological polar surface area (TPSA) is 44.7 Å². The third-order valence-electron chi connectivity index (χ3n) is 0.322. The van der Waals surface area contributed by atoms with E-state index >= 15 is 0 Å². The highest BCUT2D eigenvalue weighted by molar-refractivity contribution is 5.48. The fraction of sp³-hybridized carbons (Fsp3) is 0.667. The first-order valence-corrected chi connectivity index (χ1v) is 1.64. The molecule has 0 unspecified atom stereocenters. The van der Waals surface area contributed by atoms with E-state index in [0.717, 1.165) is 12.8 Å². The van der Waals surface area contributed by atoms with Crippen LogP contribution in [0.2, 0.25) is 0 Å². The maximum Gasteiger partial charge on any atom is 0.125 e. The van der Waals surface area contributed by atoms with Crippen LogP contribution < -0.4 is 5.73 Å². The zero-order chi connectivity index (χ0) is 4.12. The summed E-state index contributed by atoms with van der Waals surface area (Å²) in [4.78, 5) is 9.36. The standard InChI is InChI=1S/C3H7NO/c4-2-1-3-5/h3H,1-2,4H2/p+1. The van der Waals surface area contributed by atoms with Gasteiger partial charge in [-0.1, -0.05) is 0 Å². The Morgan fingerprint density at radius 3 is 2.40 bits per heavy atom. The molecule has 0 aromatic heterocycles. The van der Waals surface area contributed by atoms with Gasteiger partial charge in [-0.3, -0.25) is 0 Å². The number of carbonyl (C=O) groups is 1. The predicted octanol–water partition coefficient (Wildman–Crippen LogP) is -1.18. The van der Waals surface area contributed by atoms with Gasteiger partial charge in [0.1, 0.15) is 6.29 Å².